The fourth-order valence-corrected chi connectivity index (χ4v) is 2.93. The number of carbonyl (C=O) groups is 2. The largest absolute Gasteiger partial charge is 0.483 e. The zero-order chi connectivity index (χ0) is 19.6. The van der Waals surface area contributed by atoms with Gasteiger partial charge in [0.05, 0.1) is 5.39 Å². The van der Waals surface area contributed by atoms with Crippen molar-refractivity contribution in [3.8, 4) is 5.75 Å². The van der Waals surface area contributed by atoms with Crippen molar-refractivity contribution in [2.24, 2.45) is 0 Å². The van der Waals surface area contributed by atoms with E-state index in [9.17, 15) is 14.4 Å². The Bertz CT molecular complexity index is 1080. The Hall–Kier alpha value is -3.35. The SMILES string of the molecule is CCC(NC(=O)COc1ccc2c(oc(=O)c3ccccc32)c1C)C(=O)O. The number of carbonyl (C=O) groups excluding carboxylic acids is 1. The summed E-state index contributed by atoms with van der Waals surface area (Å²) in [4.78, 5) is 35.1. The van der Waals surface area contributed by atoms with Crippen molar-refractivity contribution < 1.29 is 23.8 Å². The molecule has 0 bridgehead atoms. The first kappa shape index (κ1) is 18.4. The maximum absolute atomic E-state index is 12.2. The molecular weight excluding hydrogens is 350 g/mol. The topological polar surface area (TPSA) is 106 Å². The number of hydrogen-bond donors (Lipinski definition) is 2. The molecule has 1 aromatic heterocycles. The predicted octanol–water partition coefficient (Wildman–Crippen LogP) is 2.61. The third-order valence-corrected chi connectivity index (χ3v) is 4.39. The van der Waals surface area contributed by atoms with Crippen LogP contribution >= 0.6 is 0 Å². The lowest BCUT2D eigenvalue weighted by Crippen LogP contribution is -2.42. The number of aliphatic carboxylic acids is 1. The molecule has 0 aliphatic heterocycles. The van der Waals surface area contributed by atoms with Gasteiger partial charge in [-0.05, 0) is 36.9 Å². The summed E-state index contributed by atoms with van der Waals surface area (Å²) in [6.07, 6.45) is 0.272. The van der Waals surface area contributed by atoms with Crippen LogP contribution in [0.1, 0.15) is 18.9 Å². The molecule has 2 aromatic carbocycles. The van der Waals surface area contributed by atoms with Crippen LogP contribution in [0.5, 0.6) is 5.75 Å². The zero-order valence-electron chi connectivity index (χ0n) is 14.9. The van der Waals surface area contributed by atoms with Gasteiger partial charge in [0.2, 0.25) is 0 Å². The molecule has 7 nitrogen and oxygen atoms in total. The van der Waals surface area contributed by atoms with Gasteiger partial charge in [-0.1, -0.05) is 25.1 Å². The van der Waals surface area contributed by atoms with E-state index < -0.39 is 23.5 Å². The normalized spacial score (nSPS) is 12.1. The molecule has 1 unspecified atom stereocenters. The first-order chi connectivity index (χ1) is 12.9. The van der Waals surface area contributed by atoms with Crippen LogP contribution in [0, 0.1) is 6.92 Å². The Morgan fingerprint density at radius 2 is 1.85 bits per heavy atom. The number of carboxylic acids is 1. The molecular formula is C20H19NO6. The van der Waals surface area contributed by atoms with Crippen LogP contribution in [0.25, 0.3) is 21.7 Å². The van der Waals surface area contributed by atoms with Crippen LogP contribution in [-0.4, -0.2) is 29.6 Å². The van der Waals surface area contributed by atoms with Gasteiger partial charge in [-0.25, -0.2) is 9.59 Å². The summed E-state index contributed by atoms with van der Waals surface area (Å²) < 4.78 is 11.0. The van der Waals surface area contributed by atoms with Crippen molar-refractivity contribution >= 4 is 33.6 Å². The first-order valence-electron chi connectivity index (χ1n) is 8.52. The van der Waals surface area contributed by atoms with Crippen molar-refractivity contribution in [3.05, 3.63) is 52.4 Å². The lowest BCUT2D eigenvalue weighted by Gasteiger charge is -2.14. The maximum Gasteiger partial charge on any atom is 0.344 e. The molecule has 1 atom stereocenters. The molecule has 27 heavy (non-hydrogen) atoms. The van der Waals surface area contributed by atoms with E-state index in [-0.39, 0.29) is 13.0 Å². The molecule has 3 rings (SSSR count). The Labute approximate surface area is 154 Å². The number of fused-ring (bicyclic) bond motifs is 3. The van der Waals surface area contributed by atoms with Crippen LogP contribution in [0.4, 0.5) is 0 Å². The number of ether oxygens (including phenoxy) is 1. The molecule has 0 saturated heterocycles. The van der Waals surface area contributed by atoms with E-state index in [0.717, 1.165) is 10.8 Å². The standard InChI is InChI=1S/C20H19NO6/c1-3-15(19(23)24)21-17(22)10-26-16-9-8-13-12-6-4-5-7-14(12)20(25)27-18(13)11(16)2/h4-9,15H,3,10H2,1-2H3,(H,21,22)(H,23,24). The maximum atomic E-state index is 12.2. The highest BCUT2D eigenvalue weighted by atomic mass is 16.5. The van der Waals surface area contributed by atoms with Crippen molar-refractivity contribution in [2.45, 2.75) is 26.3 Å². The molecule has 0 fully saturated rings. The number of nitrogens with one attached hydrogen (secondary N) is 1. The summed E-state index contributed by atoms with van der Waals surface area (Å²) in [5.41, 5.74) is 0.547. The number of aryl methyl sites for hydroxylation is 1. The zero-order valence-corrected chi connectivity index (χ0v) is 14.9. The first-order valence-corrected chi connectivity index (χ1v) is 8.52. The summed E-state index contributed by atoms with van der Waals surface area (Å²) in [6, 6.07) is 9.69. The van der Waals surface area contributed by atoms with Gasteiger partial charge in [0.1, 0.15) is 17.4 Å². The molecule has 0 aliphatic rings. The molecule has 1 heterocycles. The molecule has 1 amide bonds. The summed E-state index contributed by atoms with van der Waals surface area (Å²) >= 11 is 0. The monoisotopic (exact) mass is 369 g/mol. The number of hydrogen-bond acceptors (Lipinski definition) is 5. The van der Waals surface area contributed by atoms with Gasteiger partial charge in [0.15, 0.2) is 6.61 Å². The highest BCUT2D eigenvalue weighted by molar-refractivity contribution is 6.05. The molecule has 140 valence electrons. The molecule has 0 radical (unpaired) electrons. The second-order valence-corrected chi connectivity index (χ2v) is 6.16. The lowest BCUT2D eigenvalue weighted by atomic mass is 10.0. The van der Waals surface area contributed by atoms with E-state index in [1.54, 1.807) is 38.1 Å². The fourth-order valence-electron chi connectivity index (χ4n) is 2.93. The highest BCUT2D eigenvalue weighted by Crippen LogP contribution is 2.30. The second-order valence-electron chi connectivity index (χ2n) is 6.16. The number of carboxylic acid groups (broad SMARTS) is 1. The van der Waals surface area contributed by atoms with Gasteiger partial charge in [0, 0.05) is 10.9 Å². The quantitative estimate of drug-likeness (QED) is 0.511. The van der Waals surface area contributed by atoms with Crippen LogP contribution in [-0.2, 0) is 9.59 Å². The summed E-state index contributed by atoms with van der Waals surface area (Å²) in [5.74, 6) is -1.25. The summed E-state index contributed by atoms with van der Waals surface area (Å²) in [6.45, 7) is 3.06. The van der Waals surface area contributed by atoms with Gasteiger partial charge in [-0.15, -0.1) is 0 Å². The Morgan fingerprint density at radius 3 is 2.52 bits per heavy atom. The Morgan fingerprint density at radius 1 is 1.15 bits per heavy atom. The minimum Gasteiger partial charge on any atom is -0.483 e. The Balaban J connectivity index is 1.87. The molecule has 7 heteroatoms. The second kappa shape index (κ2) is 7.49. The van der Waals surface area contributed by atoms with Crippen molar-refractivity contribution in [2.75, 3.05) is 6.61 Å². The lowest BCUT2D eigenvalue weighted by molar-refractivity contribution is -0.142. The van der Waals surface area contributed by atoms with Gasteiger partial charge in [0.25, 0.3) is 5.91 Å². The number of rotatable bonds is 6. The van der Waals surface area contributed by atoms with Crippen molar-refractivity contribution in [1.29, 1.82) is 0 Å². The molecule has 0 saturated carbocycles. The van der Waals surface area contributed by atoms with Crippen LogP contribution in [0.15, 0.2) is 45.6 Å². The smallest absolute Gasteiger partial charge is 0.344 e. The predicted molar refractivity (Wildman–Crippen MR) is 100 cm³/mol. The van der Waals surface area contributed by atoms with Crippen molar-refractivity contribution in [3.63, 3.8) is 0 Å². The van der Waals surface area contributed by atoms with E-state index in [0.29, 0.717) is 22.3 Å². The number of benzene rings is 2. The van der Waals surface area contributed by atoms with E-state index in [1.807, 2.05) is 12.1 Å². The third kappa shape index (κ3) is 3.62. The molecule has 0 aliphatic carbocycles. The van der Waals surface area contributed by atoms with Gasteiger partial charge in [-0.2, -0.15) is 0 Å². The van der Waals surface area contributed by atoms with E-state index >= 15 is 0 Å². The van der Waals surface area contributed by atoms with Gasteiger partial charge < -0.3 is 19.6 Å². The molecule has 3 aromatic rings. The van der Waals surface area contributed by atoms with E-state index in [1.165, 1.54) is 0 Å². The van der Waals surface area contributed by atoms with Crippen LogP contribution in [0.2, 0.25) is 0 Å². The minimum atomic E-state index is -1.10. The van der Waals surface area contributed by atoms with Crippen molar-refractivity contribution in [1.82, 2.24) is 5.32 Å². The average molecular weight is 369 g/mol. The third-order valence-electron chi connectivity index (χ3n) is 4.39. The van der Waals surface area contributed by atoms with Crippen LogP contribution in [0.3, 0.4) is 0 Å². The Kier molecular flexibility index (Phi) is 5.12. The molecule has 2 N–H and O–H groups in total. The van der Waals surface area contributed by atoms with Crippen LogP contribution < -0.4 is 15.7 Å². The fraction of sp³-hybridized carbons (Fsp3) is 0.250. The van der Waals surface area contributed by atoms with E-state index in [2.05, 4.69) is 5.32 Å². The highest BCUT2D eigenvalue weighted by Gasteiger charge is 2.18. The molecule has 0 spiro atoms. The summed E-state index contributed by atoms with van der Waals surface area (Å²) in [7, 11) is 0. The average Bonchev–Trinajstić information content (AvgIpc) is 2.66. The minimum absolute atomic E-state index is 0.272. The van der Waals surface area contributed by atoms with Gasteiger partial charge >= 0.3 is 11.6 Å². The number of amides is 1. The summed E-state index contributed by atoms with van der Waals surface area (Å²) in [5, 5.41) is 13.4. The van der Waals surface area contributed by atoms with E-state index in [4.69, 9.17) is 14.3 Å². The van der Waals surface area contributed by atoms with Gasteiger partial charge in [-0.3, -0.25) is 4.79 Å².